The van der Waals surface area contributed by atoms with Crippen LogP contribution in [0, 0.1) is 44.3 Å². The van der Waals surface area contributed by atoms with Crippen LogP contribution in [0.1, 0.15) is 112 Å². The molecule has 0 saturated heterocycles. The van der Waals surface area contributed by atoms with E-state index in [9.17, 15) is 24.9 Å². The molecule has 5 heteroatoms. The Hall–Kier alpha value is -1.36. The highest BCUT2D eigenvalue weighted by Crippen LogP contribution is 2.75. The lowest BCUT2D eigenvalue weighted by molar-refractivity contribution is -0.215. The van der Waals surface area contributed by atoms with Gasteiger partial charge in [-0.2, -0.15) is 0 Å². The first kappa shape index (κ1) is 25.3. The molecule has 35 heavy (non-hydrogen) atoms. The molecule has 0 unspecified atom stereocenters. The minimum absolute atomic E-state index is 0.00616. The largest absolute Gasteiger partial charge is 0.481 e. The second-order valence-corrected chi connectivity index (χ2v) is 14.9. The normalized spacial score (nSPS) is 48.1. The molecule has 0 aliphatic heterocycles. The van der Waals surface area contributed by atoms with Gasteiger partial charge in [0.15, 0.2) is 0 Å². The summed E-state index contributed by atoms with van der Waals surface area (Å²) < 4.78 is 0. The van der Waals surface area contributed by atoms with Gasteiger partial charge in [0.1, 0.15) is 0 Å². The molecule has 5 rings (SSSR count). The first-order chi connectivity index (χ1) is 16.1. The van der Waals surface area contributed by atoms with Crippen molar-refractivity contribution >= 4 is 11.9 Å². The second-order valence-electron chi connectivity index (χ2n) is 14.9. The van der Waals surface area contributed by atoms with Gasteiger partial charge >= 0.3 is 11.9 Å². The molecule has 7 atom stereocenters. The molecule has 3 N–H and O–H groups in total. The lowest BCUT2D eigenvalue weighted by atomic mass is 9.33. The number of carboxylic acid groups (broad SMARTS) is 2. The molecule has 5 aliphatic rings. The summed E-state index contributed by atoms with van der Waals surface area (Å²) in [5.74, 6) is -0.853. The van der Waals surface area contributed by atoms with Crippen molar-refractivity contribution in [2.45, 2.75) is 118 Å². The van der Waals surface area contributed by atoms with E-state index in [1.807, 2.05) is 0 Å². The number of aliphatic carboxylic acids is 2. The monoisotopic (exact) mass is 486 g/mol. The van der Waals surface area contributed by atoms with Crippen molar-refractivity contribution in [1.82, 2.24) is 0 Å². The van der Waals surface area contributed by atoms with Gasteiger partial charge in [0, 0.05) is 0 Å². The number of aliphatic hydroxyl groups excluding tert-OH is 1. The van der Waals surface area contributed by atoms with Crippen molar-refractivity contribution < 1.29 is 24.9 Å². The molecule has 196 valence electrons. The van der Waals surface area contributed by atoms with E-state index >= 15 is 0 Å². The highest BCUT2D eigenvalue weighted by Gasteiger charge is 2.72. The minimum Gasteiger partial charge on any atom is -0.481 e. The van der Waals surface area contributed by atoms with Gasteiger partial charge in [-0.25, -0.2) is 0 Å². The summed E-state index contributed by atoms with van der Waals surface area (Å²) in [5.41, 5.74) is -0.507. The molecule has 0 aromatic carbocycles. The van der Waals surface area contributed by atoms with Gasteiger partial charge in [0.25, 0.3) is 0 Å². The summed E-state index contributed by atoms with van der Waals surface area (Å²) in [6.07, 6.45) is 7.87. The highest BCUT2D eigenvalue weighted by molar-refractivity contribution is 5.85. The Kier molecular flexibility index (Phi) is 5.32. The van der Waals surface area contributed by atoms with Gasteiger partial charge in [0.2, 0.25) is 0 Å². The smallest absolute Gasteiger partial charge is 0.314 e. The Balaban J connectivity index is 1.69. The van der Waals surface area contributed by atoms with Crippen LogP contribution in [0.2, 0.25) is 0 Å². The van der Waals surface area contributed by atoms with Gasteiger partial charge in [0.05, 0.1) is 16.9 Å². The zero-order chi connectivity index (χ0) is 25.8. The van der Waals surface area contributed by atoms with Crippen molar-refractivity contribution in [2.75, 3.05) is 0 Å². The third-order valence-corrected chi connectivity index (χ3v) is 12.7. The lowest BCUT2D eigenvalue weighted by Crippen LogP contribution is -2.66. The Bertz CT molecular complexity index is 993. The molecule has 4 saturated carbocycles. The van der Waals surface area contributed by atoms with Crippen molar-refractivity contribution in [2.24, 2.45) is 44.3 Å². The van der Waals surface area contributed by atoms with Crippen LogP contribution in [0.3, 0.4) is 0 Å². The molecule has 0 radical (unpaired) electrons. The topological polar surface area (TPSA) is 94.8 Å². The Morgan fingerprint density at radius 2 is 1.40 bits per heavy atom. The molecule has 0 spiro atoms. The van der Waals surface area contributed by atoms with E-state index in [0.717, 1.165) is 49.7 Å². The summed E-state index contributed by atoms with van der Waals surface area (Å²) in [5, 5.41) is 32.4. The highest BCUT2D eigenvalue weighted by atomic mass is 16.4. The van der Waals surface area contributed by atoms with Crippen molar-refractivity contribution in [3.05, 3.63) is 11.1 Å². The molecule has 4 fully saturated rings. The van der Waals surface area contributed by atoms with Gasteiger partial charge in [-0.15, -0.1) is 0 Å². The number of rotatable bonds is 2. The standard InChI is InChI=1S/C30H46O5/c1-25(2)13-14-29(23(32)33)15-16-30(24(34)35)18(19(29)17-25)7-8-21-27(5)11-10-22(31)26(3,4)20(27)9-12-28(21,30)6/h20-22,31H,7-17H2,1-6H3,(H,32,33)(H,34,35)/t20-,21+,22+,27-,28+,29-,30+/m0/s1. The first-order valence-electron chi connectivity index (χ1n) is 14.0. The van der Waals surface area contributed by atoms with Crippen LogP contribution in [0.25, 0.3) is 0 Å². The number of carboxylic acids is 2. The molecule has 0 aromatic heterocycles. The maximum absolute atomic E-state index is 13.5. The summed E-state index contributed by atoms with van der Waals surface area (Å²) >= 11 is 0. The Morgan fingerprint density at radius 1 is 0.743 bits per heavy atom. The predicted molar refractivity (Wildman–Crippen MR) is 135 cm³/mol. The van der Waals surface area contributed by atoms with Crippen LogP contribution in [-0.2, 0) is 9.59 Å². The predicted octanol–water partition coefficient (Wildman–Crippen LogP) is 6.44. The number of fused-ring (bicyclic) bond motifs is 6. The molecule has 0 heterocycles. The summed E-state index contributed by atoms with van der Waals surface area (Å²) in [7, 11) is 0. The summed E-state index contributed by atoms with van der Waals surface area (Å²) in [6, 6.07) is 0. The fourth-order valence-corrected chi connectivity index (χ4v) is 10.7. The van der Waals surface area contributed by atoms with E-state index < -0.39 is 28.2 Å². The van der Waals surface area contributed by atoms with Crippen molar-refractivity contribution in [3.8, 4) is 0 Å². The van der Waals surface area contributed by atoms with Crippen molar-refractivity contribution in [3.63, 3.8) is 0 Å². The van der Waals surface area contributed by atoms with Gasteiger partial charge < -0.3 is 15.3 Å². The third-order valence-electron chi connectivity index (χ3n) is 12.7. The molecule has 0 bridgehead atoms. The fraction of sp³-hybridized carbons (Fsp3) is 0.867. The maximum Gasteiger partial charge on any atom is 0.314 e. The van der Waals surface area contributed by atoms with Crippen molar-refractivity contribution in [1.29, 1.82) is 0 Å². The Morgan fingerprint density at radius 3 is 2.03 bits per heavy atom. The van der Waals surface area contributed by atoms with Gasteiger partial charge in [-0.3, -0.25) is 9.59 Å². The number of carbonyl (C=O) groups is 2. The molecular formula is C30H46O5. The van der Waals surface area contributed by atoms with E-state index in [4.69, 9.17) is 0 Å². The molecule has 5 aliphatic carbocycles. The average molecular weight is 487 g/mol. The Labute approximate surface area is 210 Å². The third kappa shape index (κ3) is 2.97. The van der Waals surface area contributed by atoms with Crippen LogP contribution >= 0.6 is 0 Å². The lowest BCUT2D eigenvalue weighted by Gasteiger charge is -2.70. The fourth-order valence-electron chi connectivity index (χ4n) is 10.7. The van der Waals surface area contributed by atoms with E-state index in [-0.39, 0.29) is 28.3 Å². The number of aliphatic hydroxyl groups is 1. The van der Waals surface area contributed by atoms with Crippen LogP contribution in [0.15, 0.2) is 11.1 Å². The zero-order valence-electron chi connectivity index (χ0n) is 22.7. The molecule has 0 amide bonds. The van der Waals surface area contributed by atoms with Gasteiger partial charge in [-0.05, 0) is 104 Å². The van der Waals surface area contributed by atoms with Crippen LogP contribution in [-0.4, -0.2) is 33.4 Å². The van der Waals surface area contributed by atoms with Gasteiger partial charge in [-0.1, -0.05) is 52.7 Å². The maximum atomic E-state index is 13.5. The molecular weight excluding hydrogens is 440 g/mol. The van der Waals surface area contributed by atoms with E-state index in [2.05, 4.69) is 41.5 Å². The van der Waals surface area contributed by atoms with Crippen LogP contribution < -0.4 is 0 Å². The number of hydrogen-bond acceptors (Lipinski definition) is 3. The molecule has 5 nitrogen and oxygen atoms in total. The summed E-state index contributed by atoms with van der Waals surface area (Å²) in [4.78, 5) is 26.3. The van der Waals surface area contributed by atoms with Crippen LogP contribution in [0.5, 0.6) is 0 Å². The quantitative estimate of drug-likeness (QED) is 0.390. The average Bonchev–Trinajstić information content (AvgIpc) is 2.75. The van der Waals surface area contributed by atoms with E-state index in [1.54, 1.807) is 0 Å². The number of hydrogen-bond donors (Lipinski definition) is 3. The SMILES string of the molecule is CC1(C)CC[C@]2(C(=O)O)CC[C@]3(C(=O)O)C(=C2C1)CC[C@@H]1[C@@]2(C)CC[C@@H](O)C(C)(C)[C@@H]2CC[C@]13C. The minimum atomic E-state index is -0.980. The van der Waals surface area contributed by atoms with E-state index in [0.29, 0.717) is 38.0 Å². The van der Waals surface area contributed by atoms with E-state index in [1.165, 1.54) is 0 Å². The second kappa shape index (κ2) is 7.36. The first-order valence-corrected chi connectivity index (χ1v) is 14.0. The summed E-state index contributed by atoms with van der Waals surface area (Å²) in [6.45, 7) is 13.5. The molecule has 0 aromatic rings. The van der Waals surface area contributed by atoms with Crippen LogP contribution in [0.4, 0.5) is 0 Å². The zero-order valence-corrected chi connectivity index (χ0v) is 22.7.